The third kappa shape index (κ3) is 6.23. The number of hydrogen-bond acceptors (Lipinski definition) is 1. The third-order valence-electron chi connectivity index (χ3n) is 1.55. The Kier molecular flexibility index (Phi) is 5.36. The fourth-order valence-electron chi connectivity index (χ4n) is 0.709. The fourth-order valence-corrected chi connectivity index (χ4v) is 0.892. The molecule has 0 spiro atoms. The van der Waals surface area contributed by atoms with Crippen LogP contribution in [0, 0.1) is 11.8 Å². The smallest absolute Gasteiger partial charge is 0.00721 e. The largest absolute Gasteiger partial charge is 0.179 e. The molecular formula is C8H18S. The van der Waals surface area contributed by atoms with E-state index in [1.54, 1.807) is 0 Å². The van der Waals surface area contributed by atoms with Crippen molar-refractivity contribution in [2.75, 3.05) is 5.75 Å². The van der Waals surface area contributed by atoms with Crippen LogP contribution in [0.1, 0.15) is 33.6 Å². The zero-order valence-corrected chi connectivity index (χ0v) is 7.62. The van der Waals surface area contributed by atoms with Crippen molar-refractivity contribution in [1.29, 1.82) is 0 Å². The van der Waals surface area contributed by atoms with Gasteiger partial charge in [0, 0.05) is 0 Å². The number of rotatable bonds is 4. The van der Waals surface area contributed by atoms with E-state index in [9.17, 15) is 0 Å². The van der Waals surface area contributed by atoms with Gasteiger partial charge in [0.25, 0.3) is 0 Å². The Labute approximate surface area is 64.4 Å². The lowest BCUT2D eigenvalue weighted by molar-refractivity contribution is 0.481. The van der Waals surface area contributed by atoms with Crippen molar-refractivity contribution in [1.82, 2.24) is 0 Å². The summed E-state index contributed by atoms with van der Waals surface area (Å²) in [4.78, 5) is 0. The minimum atomic E-state index is 0.802. The molecule has 56 valence electrons. The Hall–Kier alpha value is 0.350. The van der Waals surface area contributed by atoms with Crippen molar-refractivity contribution in [2.45, 2.75) is 33.6 Å². The summed E-state index contributed by atoms with van der Waals surface area (Å²) < 4.78 is 0. The Morgan fingerprint density at radius 1 is 1.11 bits per heavy atom. The first kappa shape index (κ1) is 9.35. The van der Waals surface area contributed by atoms with Gasteiger partial charge in [0.15, 0.2) is 0 Å². The molecule has 0 fully saturated rings. The standard InChI is InChI=1S/C8H18S/c1-7(2)4-5-8(3)6-9/h7-9H,4-6H2,1-3H3. The highest BCUT2D eigenvalue weighted by Gasteiger charge is 1.99. The van der Waals surface area contributed by atoms with Gasteiger partial charge in [-0.1, -0.05) is 27.2 Å². The topological polar surface area (TPSA) is 0 Å². The van der Waals surface area contributed by atoms with E-state index in [1.165, 1.54) is 12.8 Å². The highest BCUT2D eigenvalue weighted by molar-refractivity contribution is 7.80. The molecule has 0 heterocycles. The highest BCUT2D eigenvalue weighted by atomic mass is 32.1. The van der Waals surface area contributed by atoms with Gasteiger partial charge >= 0.3 is 0 Å². The van der Waals surface area contributed by atoms with Crippen LogP contribution in [0.5, 0.6) is 0 Å². The molecule has 0 aliphatic carbocycles. The van der Waals surface area contributed by atoms with Crippen molar-refractivity contribution >= 4 is 12.6 Å². The maximum absolute atomic E-state index is 4.22. The molecule has 9 heavy (non-hydrogen) atoms. The van der Waals surface area contributed by atoms with Crippen molar-refractivity contribution in [3.8, 4) is 0 Å². The van der Waals surface area contributed by atoms with E-state index in [1.807, 2.05) is 0 Å². The van der Waals surface area contributed by atoms with Crippen LogP contribution in [0.2, 0.25) is 0 Å². The molecule has 0 saturated heterocycles. The second kappa shape index (κ2) is 5.16. The van der Waals surface area contributed by atoms with E-state index in [0.717, 1.165) is 17.6 Å². The number of hydrogen-bond donors (Lipinski definition) is 1. The average Bonchev–Trinajstić information content (AvgIpc) is 1.83. The zero-order valence-electron chi connectivity index (χ0n) is 6.72. The molecule has 0 aromatic heterocycles. The molecule has 0 radical (unpaired) electrons. The minimum Gasteiger partial charge on any atom is -0.179 e. The second-order valence-electron chi connectivity index (χ2n) is 3.26. The number of thiol groups is 1. The molecule has 1 atom stereocenters. The normalized spacial score (nSPS) is 14.3. The fraction of sp³-hybridized carbons (Fsp3) is 1.00. The first-order valence-electron chi connectivity index (χ1n) is 3.77. The highest BCUT2D eigenvalue weighted by Crippen LogP contribution is 2.11. The second-order valence-corrected chi connectivity index (χ2v) is 3.62. The SMILES string of the molecule is CC(C)CCC(C)CS. The molecular weight excluding hydrogens is 128 g/mol. The molecule has 0 nitrogen and oxygen atoms in total. The van der Waals surface area contributed by atoms with Crippen molar-refractivity contribution < 1.29 is 0 Å². The Morgan fingerprint density at radius 3 is 2.00 bits per heavy atom. The lowest BCUT2D eigenvalue weighted by Crippen LogP contribution is -1.98. The average molecular weight is 146 g/mol. The molecule has 0 bridgehead atoms. The zero-order chi connectivity index (χ0) is 7.28. The summed E-state index contributed by atoms with van der Waals surface area (Å²) in [7, 11) is 0. The summed E-state index contributed by atoms with van der Waals surface area (Å²) >= 11 is 4.22. The molecule has 0 rings (SSSR count). The van der Waals surface area contributed by atoms with Crippen LogP contribution in [-0.4, -0.2) is 5.75 Å². The van der Waals surface area contributed by atoms with Crippen molar-refractivity contribution in [3.63, 3.8) is 0 Å². The van der Waals surface area contributed by atoms with Gasteiger partial charge in [0.1, 0.15) is 0 Å². The predicted molar refractivity (Wildman–Crippen MR) is 47.1 cm³/mol. The van der Waals surface area contributed by atoms with E-state index in [4.69, 9.17) is 0 Å². The van der Waals surface area contributed by atoms with Gasteiger partial charge < -0.3 is 0 Å². The molecule has 0 saturated carbocycles. The Morgan fingerprint density at radius 2 is 1.67 bits per heavy atom. The van der Waals surface area contributed by atoms with E-state index in [0.29, 0.717) is 0 Å². The van der Waals surface area contributed by atoms with Crippen molar-refractivity contribution in [2.24, 2.45) is 11.8 Å². The van der Waals surface area contributed by atoms with Gasteiger partial charge in [-0.05, 0) is 24.0 Å². The van der Waals surface area contributed by atoms with Crippen LogP contribution in [0.25, 0.3) is 0 Å². The molecule has 0 aromatic rings. The van der Waals surface area contributed by atoms with Crippen LogP contribution < -0.4 is 0 Å². The maximum Gasteiger partial charge on any atom is -0.00721 e. The minimum absolute atomic E-state index is 0.802. The Bertz CT molecular complexity index is 59.6. The van der Waals surface area contributed by atoms with Crippen LogP contribution in [0.15, 0.2) is 0 Å². The molecule has 0 amide bonds. The summed E-state index contributed by atoms with van der Waals surface area (Å²) in [6, 6.07) is 0. The van der Waals surface area contributed by atoms with Crippen LogP contribution in [0.4, 0.5) is 0 Å². The summed E-state index contributed by atoms with van der Waals surface area (Å²) in [6.07, 6.45) is 2.68. The molecule has 1 unspecified atom stereocenters. The summed E-state index contributed by atoms with van der Waals surface area (Å²) in [5.41, 5.74) is 0. The lowest BCUT2D eigenvalue weighted by atomic mass is 10.0. The van der Waals surface area contributed by atoms with E-state index < -0.39 is 0 Å². The summed E-state index contributed by atoms with van der Waals surface area (Å²) in [5, 5.41) is 0. The molecule has 1 heteroatoms. The van der Waals surface area contributed by atoms with E-state index in [-0.39, 0.29) is 0 Å². The third-order valence-corrected chi connectivity index (χ3v) is 2.17. The van der Waals surface area contributed by atoms with Gasteiger partial charge in [-0.2, -0.15) is 12.6 Å². The van der Waals surface area contributed by atoms with Crippen LogP contribution in [-0.2, 0) is 0 Å². The van der Waals surface area contributed by atoms with Gasteiger partial charge in [0.2, 0.25) is 0 Å². The Balaban J connectivity index is 3.06. The molecule has 0 aromatic carbocycles. The van der Waals surface area contributed by atoms with E-state index >= 15 is 0 Å². The van der Waals surface area contributed by atoms with Crippen molar-refractivity contribution in [3.05, 3.63) is 0 Å². The summed E-state index contributed by atoms with van der Waals surface area (Å²) in [5.74, 6) is 2.69. The maximum atomic E-state index is 4.22. The van der Waals surface area contributed by atoms with Gasteiger partial charge in [-0.15, -0.1) is 0 Å². The van der Waals surface area contributed by atoms with Gasteiger partial charge in [0.05, 0.1) is 0 Å². The predicted octanol–water partition coefficient (Wildman–Crippen LogP) is 2.99. The van der Waals surface area contributed by atoms with Crippen LogP contribution >= 0.6 is 12.6 Å². The van der Waals surface area contributed by atoms with E-state index in [2.05, 4.69) is 33.4 Å². The molecule has 0 aliphatic heterocycles. The molecule has 0 N–H and O–H groups in total. The quantitative estimate of drug-likeness (QED) is 0.579. The monoisotopic (exact) mass is 146 g/mol. The first-order chi connectivity index (χ1) is 4.16. The first-order valence-corrected chi connectivity index (χ1v) is 4.41. The van der Waals surface area contributed by atoms with Gasteiger partial charge in [-0.3, -0.25) is 0 Å². The van der Waals surface area contributed by atoms with Gasteiger partial charge in [-0.25, -0.2) is 0 Å². The molecule has 0 aliphatic rings. The van der Waals surface area contributed by atoms with Crippen LogP contribution in [0.3, 0.4) is 0 Å². The summed E-state index contributed by atoms with van der Waals surface area (Å²) in [6.45, 7) is 6.80. The lowest BCUT2D eigenvalue weighted by Gasteiger charge is -2.08.